The molecule has 124 valence electrons. The molecule has 1 aliphatic rings. The first-order valence-electron chi connectivity index (χ1n) is 7.80. The van der Waals surface area contributed by atoms with Gasteiger partial charge in [-0.1, -0.05) is 0 Å². The summed E-state index contributed by atoms with van der Waals surface area (Å²) in [6.45, 7) is 1.82. The number of nitrogens with zero attached hydrogens (tertiary/aromatic N) is 4. The monoisotopic (exact) mass is 344 g/mol. The minimum absolute atomic E-state index is 0.433. The number of nitrogens with one attached hydrogen (secondary N) is 2. The summed E-state index contributed by atoms with van der Waals surface area (Å²) in [6.07, 6.45) is 3.42. The number of halogens is 1. The lowest BCUT2D eigenvalue weighted by Gasteiger charge is -2.15. The van der Waals surface area contributed by atoms with Crippen LogP contribution in [0.4, 0.5) is 15.2 Å². The molecule has 3 aromatic heterocycles. The van der Waals surface area contributed by atoms with Crippen LogP contribution in [0.3, 0.4) is 0 Å². The van der Waals surface area contributed by atoms with Gasteiger partial charge >= 0.3 is 0 Å². The lowest BCUT2D eigenvalue weighted by molar-refractivity contribution is 0.364. The number of aromatic nitrogens is 4. The topological polar surface area (TPSA) is 69.7 Å². The zero-order valence-electron chi connectivity index (χ0n) is 12.9. The average Bonchev–Trinajstić information content (AvgIpc) is 3.35. The summed E-state index contributed by atoms with van der Waals surface area (Å²) < 4.78 is 13.3. The second kappa shape index (κ2) is 6.56. The molecule has 1 aliphatic heterocycles. The quantitative estimate of drug-likeness (QED) is 0.744. The van der Waals surface area contributed by atoms with Gasteiger partial charge in [-0.3, -0.25) is 10.1 Å². The second-order valence-electron chi connectivity index (χ2n) is 5.73. The predicted octanol–water partition coefficient (Wildman–Crippen LogP) is 3.09. The summed E-state index contributed by atoms with van der Waals surface area (Å²) >= 11 is 1.56. The third-order valence-electron chi connectivity index (χ3n) is 4.01. The molecule has 24 heavy (non-hydrogen) atoms. The smallest absolute Gasteiger partial charge is 0.128 e. The molecular weight excluding hydrogens is 327 g/mol. The minimum atomic E-state index is -0.744. The highest BCUT2D eigenvalue weighted by atomic mass is 32.1. The Kier molecular flexibility index (Phi) is 4.12. The predicted molar refractivity (Wildman–Crippen MR) is 93.0 cm³/mol. The number of pyridine rings is 1. The van der Waals surface area contributed by atoms with Gasteiger partial charge in [-0.15, -0.1) is 11.3 Å². The van der Waals surface area contributed by atoms with E-state index in [9.17, 15) is 4.39 Å². The normalized spacial score (nSPS) is 17.4. The molecule has 4 rings (SSSR count). The summed E-state index contributed by atoms with van der Waals surface area (Å²) in [7, 11) is 0. The van der Waals surface area contributed by atoms with Gasteiger partial charge in [0.15, 0.2) is 0 Å². The molecule has 0 amide bonds. The van der Waals surface area contributed by atoms with Gasteiger partial charge in [0.05, 0.1) is 36.2 Å². The molecule has 8 heteroatoms. The lowest BCUT2D eigenvalue weighted by Crippen LogP contribution is -2.20. The van der Waals surface area contributed by atoms with Crippen LogP contribution in [0.1, 0.15) is 12.1 Å². The van der Waals surface area contributed by atoms with Gasteiger partial charge in [0.25, 0.3) is 0 Å². The molecule has 2 N–H and O–H groups in total. The molecule has 0 aliphatic carbocycles. The molecule has 4 heterocycles. The van der Waals surface area contributed by atoms with Gasteiger partial charge in [-0.25, -0.2) is 9.37 Å². The Hall–Kier alpha value is -2.48. The molecular formula is C16H17FN6S. The van der Waals surface area contributed by atoms with E-state index < -0.39 is 6.17 Å². The highest BCUT2D eigenvalue weighted by Crippen LogP contribution is 2.23. The van der Waals surface area contributed by atoms with Crippen molar-refractivity contribution in [1.29, 1.82) is 0 Å². The Morgan fingerprint density at radius 1 is 1.38 bits per heavy atom. The molecule has 1 fully saturated rings. The van der Waals surface area contributed by atoms with Gasteiger partial charge < -0.3 is 10.2 Å². The van der Waals surface area contributed by atoms with Crippen LogP contribution < -0.4 is 10.2 Å². The van der Waals surface area contributed by atoms with Crippen molar-refractivity contribution in [1.82, 2.24) is 20.2 Å². The highest BCUT2D eigenvalue weighted by molar-refractivity contribution is 7.13. The van der Waals surface area contributed by atoms with Crippen molar-refractivity contribution in [2.75, 3.05) is 23.3 Å². The Balaban J connectivity index is 1.42. The fourth-order valence-electron chi connectivity index (χ4n) is 2.74. The van der Waals surface area contributed by atoms with E-state index in [1.807, 2.05) is 23.1 Å². The van der Waals surface area contributed by atoms with Crippen molar-refractivity contribution < 1.29 is 4.39 Å². The van der Waals surface area contributed by atoms with Crippen LogP contribution >= 0.6 is 11.3 Å². The van der Waals surface area contributed by atoms with Gasteiger partial charge in [-0.2, -0.15) is 5.10 Å². The zero-order chi connectivity index (χ0) is 16.4. The van der Waals surface area contributed by atoms with Crippen LogP contribution in [0, 0.1) is 0 Å². The molecule has 0 saturated carbocycles. The molecule has 0 spiro atoms. The third kappa shape index (κ3) is 3.23. The SMILES string of the molecule is F[C@H]1CCN(c2ccc(-c3cc(CNc4cncs4)[nH]n3)cn2)C1. The molecule has 1 atom stereocenters. The van der Waals surface area contributed by atoms with E-state index in [1.54, 1.807) is 29.2 Å². The molecule has 0 aromatic carbocycles. The first-order valence-corrected chi connectivity index (χ1v) is 8.68. The maximum absolute atomic E-state index is 13.3. The standard InChI is InChI=1S/C16H17FN6S/c17-12-3-4-23(9-12)15-2-1-11(6-19-15)14-5-13(21-22-14)7-20-16-8-18-10-24-16/h1-2,5-6,8,10,12,20H,3-4,7,9H2,(H,21,22)/t12-/m0/s1. The Bertz CT molecular complexity index is 785. The van der Waals surface area contributed by atoms with Gasteiger partial charge in [0, 0.05) is 18.3 Å². The van der Waals surface area contributed by atoms with Crippen LogP contribution in [0.15, 0.2) is 36.1 Å². The van der Waals surface area contributed by atoms with Gasteiger partial charge in [0.1, 0.15) is 17.0 Å². The maximum atomic E-state index is 13.3. The molecule has 3 aromatic rings. The summed E-state index contributed by atoms with van der Waals surface area (Å²) in [5.41, 5.74) is 4.57. The zero-order valence-corrected chi connectivity index (χ0v) is 13.8. The number of H-pyrrole nitrogens is 1. The third-order valence-corrected chi connectivity index (χ3v) is 4.75. The molecule has 0 radical (unpaired) electrons. The van der Waals surface area contributed by atoms with Crippen molar-refractivity contribution >= 4 is 22.2 Å². The number of hydrogen-bond acceptors (Lipinski definition) is 6. The number of anilines is 2. The van der Waals surface area contributed by atoms with E-state index in [0.29, 0.717) is 19.5 Å². The van der Waals surface area contributed by atoms with E-state index in [4.69, 9.17) is 0 Å². The van der Waals surface area contributed by atoms with E-state index in [-0.39, 0.29) is 0 Å². The van der Waals surface area contributed by atoms with Gasteiger partial charge in [0.2, 0.25) is 0 Å². The minimum Gasteiger partial charge on any atom is -0.370 e. The average molecular weight is 344 g/mol. The fraction of sp³-hybridized carbons (Fsp3) is 0.312. The lowest BCUT2D eigenvalue weighted by atomic mass is 10.2. The maximum Gasteiger partial charge on any atom is 0.128 e. The summed E-state index contributed by atoms with van der Waals surface area (Å²) in [4.78, 5) is 10.5. The van der Waals surface area contributed by atoms with Crippen LogP contribution in [-0.4, -0.2) is 39.4 Å². The molecule has 0 unspecified atom stereocenters. The Morgan fingerprint density at radius 3 is 3.04 bits per heavy atom. The number of thiazole rings is 1. The summed E-state index contributed by atoms with van der Waals surface area (Å²) in [5.74, 6) is 0.821. The van der Waals surface area contributed by atoms with Crippen LogP contribution in [0.5, 0.6) is 0 Å². The first kappa shape index (κ1) is 15.1. The van der Waals surface area contributed by atoms with Crippen molar-refractivity contribution in [2.24, 2.45) is 0 Å². The number of hydrogen-bond donors (Lipinski definition) is 2. The van der Waals surface area contributed by atoms with Crippen LogP contribution in [0.2, 0.25) is 0 Å². The fourth-order valence-corrected chi connectivity index (χ4v) is 3.25. The summed E-state index contributed by atoms with van der Waals surface area (Å²) in [5, 5.41) is 11.7. The number of rotatable bonds is 5. The van der Waals surface area contributed by atoms with Crippen molar-refractivity contribution in [3.63, 3.8) is 0 Å². The Morgan fingerprint density at radius 2 is 2.33 bits per heavy atom. The van der Waals surface area contributed by atoms with Crippen LogP contribution in [-0.2, 0) is 6.54 Å². The van der Waals surface area contributed by atoms with Crippen molar-refractivity contribution in [2.45, 2.75) is 19.1 Å². The Labute approximate surface area is 142 Å². The number of alkyl halides is 1. The van der Waals surface area contributed by atoms with E-state index in [1.165, 1.54) is 0 Å². The van der Waals surface area contributed by atoms with Crippen LogP contribution in [0.25, 0.3) is 11.3 Å². The molecule has 1 saturated heterocycles. The van der Waals surface area contributed by atoms with Crippen molar-refractivity contribution in [3.05, 3.63) is 41.8 Å². The second-order valence-corrected chi connectivity index (χ2v) is 6.62. The highest BCUT2D eigenvalue weighted by Gasteiger charge is 2.22. The first-order chi connectivity index (χ1) is 11.8. The molecule has 0 bridgehead atoms. The number of aromatic amines is 1. The largest absolute Gasteiger partial charge is 0.370 e. The van der Waals surface area contributed by atoms with E-state index in [0.717, 1.165) is 34.3 Å². The van der Waals surface area contributed by atoms with Gasteiger partial charge in [-0.05, 0) is 24.6 Å². The van der Waals surface area contributed by atoms with E-state index in [2.05, 4.69) is 25.5 Å². The molecule has 6 nitrogen and oxygen atoms in total. The summed E-state index contributed by atoms with van der Waals surface area (Å²) in [6, 6.07) is 5.90. The van der Waals surface area contributed by atoms with Crippen molar-refractivity contribution in [3.8, 4) is 11.3 Å². The van der Waals surface area contributed by atoms with E-state index >= 15 is 0 Å².